The Kier molecular flexibility index (Phi) is 11.7. The maximum absolute atomic E-state index is 16.5. The Balaban J connectivity index is 0.791. The number of imide groups is 1. The molecule has 2 aromatic heterocycles. The van der Waals surface area contributed by atoms with Crippen molar-refractivity contribution in [3.63, 3.8) is 0 Å². The predicted molar refractivity (Wildman–Crippen MR) is 239 cm³/mol. The Bertz CT molecular complexity index is 2660. The van der Waals surface area contributed by atoms with Crippen LogP contribution < -0.4 is 36.0 Å². The number of likely N-dealkylation sites (N-methyl/N-ethyl adjacent to an activating group) is 1. The number of ether oxygens (including phenoxy) is 1. The molecule has 1 unspecified atom stereocenters. The normalized spacial score (nSPS) is 20.6. The van der Waals surface area contributed by atoms with Gasteiger partial charge in [0, 0.05) is 93.1 Å². The highest BCUT2D eigenvalue weighted by atomic mass is 35.5. The van der Waals surface area contributed by atoms with E-state index in [-0.39, 0.29) is 82.6 Å². The second kappa shape index (κ2) is 17.2. The molecule has 5 aliphatic heterocycles. The van der Waals surface area contributed by atoms with Crippen LogP contribution in [0.4, 0.5) is 36.1 Å². The summed E-state index contributed by atoms with van der Waals surface area (Å²) in [6, 6.07) is 8.30. The molecule has 4 amide bonds. The number of carbonyl (C=O) groups is 4. The van der Waals surface area contributed by atoms with Crippen molar-refractivity contribution in [3.8, 4) is 5.75 Å². The maximum atomic E-state index is 16.5. The van der Waals surface area contributed by atoms with Gasteiger partial charge in [-0.3, -0.25) is 29.3 Å². The highest BCUT2D eigenvalue weighted by Crippen LogP contribution is 2.45. The lowest BCUT2D eigenvalue weighted by atomic mass is 9.71. The Morgan fingerprint density at radius 2 is 1.71 bits per heavy atom. The molecule has 2 aromatic carbocycles. The van der Waals surface area contributed by atoms with Gasteiger partial charge in [-0.1, -0.05) is 11.6 Å². The Morgan fingerprint density at radius 1 is 0.969 bits per heavy atom. The Morgan fingerprint density at radius 3 is 2.40 bits per heavy atom. The van der Waals surface area contributed by atoms with E-state index in [0.717, 1.165) is 25.9 Å². The number of aromatic nitrogens is 2. The molecule has 15 nitrogen and oxygen atoms in total. The summed E-state index contributed by atoms with van der Waals surface area (Å²) in [5.41, 5.74) is -0.101. The van der Waals surface area contributed by atoms with Crippen molar-refractivity contribution in [2.24, 2.45) is 5.41 Å². The summed E-state index contributed by atoms with van der Waals surface area (Å²) in [6.07, 6.45) is 4.09. The molecular weight excluding hydrogens is 867 g/mol. The number of nitrogens with zero attached hydrogens (tertiary/aromatic N) is 6. The average molecular weight is 918 g/mol. The predicted octanol–water partition coefficient (Wildman–Crippen LogP) is 5.45. The van der Waals surface area contributed by atoms with Crippen LogP contribution in [0.5, 0.6) is 5.75 Å². The van der Waals surface area contributed by atoms with Crippen LogP contribution in [-0.2, 0) is 20.9 Å². The highest BCUT2D eigenvalue weighted by molar-refractivity contribution is 6.33. The number of hydrogen-bond donors (Lipinski definition) is 3. The van der Waals surface area contributed by atoms with Gasteiger partial charge in [-0.2, -0.15) is 0 Å². The lowest BCUT2D eigenvalue weighted by Crippen LogP contribution is -2.61. The van der Waals surface area contributed by atoms with Gasteiger partial charge in [0.1, 0.15) is 17.5 Å². The molecule has 0 bridgehead atoms. The van der Waals surface area contributed by atoms with Gasteiger partial charge in [0.25, 0.3) is 17.4 Å². The summed E-state index contributed by atoms with van der Waals surface area (Å²) in [5.74, 6) is -2.46. The SMILES string of the molecule is CNC(=O)COc1cc2c(F)c(Nc3cc(N4CCC(F)(CN5CCC6(CC5)CN(c5ccc7c(c5F)CN(C5CCC(=O)NC5=O)C7=O)C6)CC4)ncc3Cl)ccc2n(C(C)C)c1=O. The lowest BCUT2D eigenvalue weighted by molar-refractivity contribution is -0.137. The molecule has 0 aliphatic carbocycles. The van der Waals surface area contributed by atoms with Crippen molar-refractivity contribution < 1.29 is 37.1 Å². The van der Waals surface area contributed by atoms with Crippen LogP contribution in [0, 0.1) is 17.0 Å². The number of carbonyl (C=O) groups excluding carboxylic acids is 4. The number of anilines is 4. The van der Waals surface area contributed by atoms with Gasteiger partial charge in [-0.15, -0.1) is 0 Å². The van der Waals surface area contributed by atoms with Crippen LogP contribution in [0.2, 0.25) is 5.02 Å². The zero-order valence-electron chi connectivity index (χ0n) is 36.4. The molecule has 19 heteroatoms. The first-order valence-electron chi connectivity index (χ1n) is 22.1. The van der Waals surface area contributed by atoms with Gasteiger partial charge in [-0.05, 0) is 76.5 Å². The first-order valence-corrected chi connectivity index (χ1v) is 22.4. The molecule has 344 valence electrons. The first-order chi connectivity index (χ1) is 31.1. The second-order valence-corrected chi connectivity index (χ2v) is 18.7. The van der Waals surface area contributed by atoms with Crippen LogP contribution in [0.25, 0.3) is 10.9 Å². The smallest absolute Gasteiger partial charge is 0.293 e. The van der Waals surface area contributed by atoms with E-state index in [2.05, 4.69) is 25.8 Å². The number of pyridine rings is 2. The molecule has 1 spiro atoms. The van der Waals surface area contributed by atoms with E-state index in [0.29, 0.717) is 55.4 Å². The number of hydrogen-bond acceptors (Lipinski definition) is 11. The third-order valence-electron chi connectivity index (χ3n) is 13.8. The van der Waals surface area contributed by atoms with Crippen molar-refractivity contribution in [2.75, 3.05) is 74.6 Å². The van der Waals surface area contributed by atoms with Crippen molar-refractivity contribution in [2.45, 2.75) is 76.7 Å². The fourth-order valence-electron chi connectivity index (χ4n) is 10.1. The number of nitrogens with one attached hydrogen (secondary N) is 3. The van der Waals surface area contributed by atoms with Crippen LogP contribution in [-0.4, -0.2) is 114 Å². The zero-order chi connectivity index (χ0) is 45.9. The Hall–Kier alpha value is -5.88. The minimum atomic E-state index is -1.40. The number of benzene rings is 2. The van der Waals surface area contributed by atoms with E-state index in [1.165, 1.54) is 34.8 Å². The quantitative estimate of drug-likeness (QED) is 0.164. The third-order valence-corrected chi connectivity index (χ3v) is 14.1. The summed E-state index contributed by atoms with van der Waals surface area (Å²) in [4.78, 5) is 74.4. The number of alkyl halides is 1. The maximum Gasteiger partial charge on any atom is 0.293 e. The summed E-state index contributed by atoms with van der Waals surface area (Å²) in [5, 5.41) is 8.15. The van der Waals surface area contributed by atoms with Crippen LogP contribution in [0.3, 0.4) is 0 Å². The fourth-order valence-corrected chi connectivity index (χ4v) is 10.2. The Labute approximate surface area is 378 Å². The standard InChI is InChI=1S/C46H51ClF3N9O6/c1-26(2)59-33-7-5-31(40(48)28(33)18-36(44(59)64)65-22-39(61)51-3)53-32-19-37(52-20-30(32)47)56-16-12-46(50,13-17-56)25-55-14-10-45(11-15-55)23-57(24-45)34-6-4-27-29(41(34)49)21-58(43(27)63)35-8-9-38(60)54-42(35)62/h4-7,18-20,26,35H,8-17,21-25H2,1-3H3,(H,51,61)(H,52,53)(H,54,60,62). The van der Waals surface area contributed by atoms with E-state index < -0.39 is 53.2 Å². The van der Waals surface area contributed by atoms with E-state index >= 15 is 13.2 Å². The molecule has 0 saturated carbocycles. The molecule has 5 aliphatic rings. The van der Waals surface area contributed by atoms with Crippen LogP contribution in [0.1, 0.15) is 74.3 Å². The number of halogens is 4. The molecule has 3 N–H and O–H groups in total. The van der Waals surface area contributed by atoms with Gasteiger partial charge in [-0.25, -0.2) is 18.2 Å². The number of fused-ring (bicyclic) bond motifs is 2. The first kappa shape index (κ1) is 44.3. The summed E-state index contributed by atoms with van der Waals surface area (Å²) in [6.45, 7) is 7.07. The second-order valence-electron chi connectivity index (χ2n) is 18.3. The number of likely N-dealkylation sites (tertiary alicyclic amines) is 1. The fraction of sp³-hybridized carbons (Fsp3) is 0.478. The lowest BCUT2D eigenvalue weighted by Gasteiger charge is -2.55. The summed E-state index contributed by atoms with van der Waals surface area (Å²) >= 11 is 6.56. The number of piperidine rings is 3. The average Bonchev–Trinajstić information content (AvgIpc) is 3.60. The molecule has 4 saturated heterocycles. The van der Waals surface area contributed by atoms with E-state index in [4.69, 9.17) is 16.3 Å². The van der Waals surface area contributed by atoms with E-state index in [1.54, 1.807) is 38.1 Å². The van der Waals surface area contributed by atoms with Gasteiger partial charge in [0.15, 0.2) is 24.0 Å². The third kappa shape index (κ3) is 8.34. The van der Waals surface area contributed by atoms with Crippen molar-refractivity contribution in [1.82, 2.24) is 30.0 Å². The minimum absolute atomic E-state index is 0.00722. The number of rotatable bonds is 11. The molecule has 65 heavy (non-hydrogen) atoms. The molecule has 9 rings (SSSR count). The van der Waals surface area contributed by atoms with Gasteiger partial charge in [0.05, 0.1) is 40.3 Å². The molecule has 7 heterocycles. The van der Waals surface area contributed by atoms with Crippen LogP contribution >= 0.6 is 11.6 Å². The largest absolute Gasteiger partial charge is 0.478 e. The molecule has 4 aromatic rings. The zero-order valence-corrected chi connectivity index (χ0v) is 37.2. The summed E-state index contributed by atoms with van der Waals surface area (Å²) < 4.78 is 55.7. The number of amides is 4. The molecule has 1 atom stereocenters. The van der Waals surface area contributed by atoms with Gasteiger partial charge in [0.2, 0.25) is 11.8 Å². The van der Waals surface area contributed by atoms with Crippen molar-refractivity contribution >= 4 is 69.0 Å². The van der Waals surface area contributed by atoms with Gasteiger partial charge >= 0.3 is 0 Å². The molecule has 4 fully saturated rings. The molecular formula is C46H51ClF3N9O6. The topological polar surface area (TPSA) is 161 Å². The van der Waals surface area contributed by atoms with E-state index in [9.17, 15) is 24.0 Å². The molecule has 0 radical (unpaired) electrons. The monoisotopic (exact) mass is 917 g/mol. The van der Waals surface area contributed by atoms with Crippen LogP contribution in [0.15, 0.2) is 47.4 Å². The minimum Gasteiger partial charge on any atom is -0.478 e. The van der Waals surface area contributed by atoms with E-state index in [1.807, 2.05) is 9.80 Å². The van der Waals surface area contributed by atoms with Crippen molar-refractivity contribution in [1.29, 1.82) is 0 Å². The van der Waals surface area contributed by atoms with Gasteiger partial charge < -0.3 is 39.5 Å². The highest BCUT2D eigenvalue weighted by Gasteiger charge is 2.48. The summed E-state index contributed by atoms with van der Waals surface area (Å²) in [7, 11) is 1.45. The van der Waals surface area contributed by atoms with Crippen molar-refractivity contribution in [3.05, 3.63) is 80.7 Å².